The molecule has 0 atom stereocenters. The lowest BCUT2D eigenvalue weighted by molar-refractivity contribution is 0.378. The topological polar surface area (TPSA) is 107 Å². The average molecular weight is 285 g/mol. The molecule has 2 N–H and O–H groups in total. The van der Waals surface area contributed by atoms with Crippen LogP contribution in [0.25, 0.3) is 0 Å². The van der Waals surface area contributed by atoms with Crippen molar-refractivity contribution in [1.82, 2.24) is 19.2 Å². The Hall–Kier alpha value is -1.87. The van der Waals surface area contributed by atoms with Gasteiger partial charge in [0.15, 0.2) is 5.82 Å². The minimum Gasteiger partial charge on any atom is -0.381 e. The Bertz CT molecular complexity index is 688. The predicted octanol–water partition coefficient (Wildman–Crippen LogP) is 0.119. The van der Waals surface area contributed by atoms with E-state index in [4.69, 9.17) is 10.3 Å². The van der Waals surface area contributed by atoms with Crippen molar-refractivity contribution in [1.29, 1.82) is 0 Å². The Balaban J connectivity index is 2.27. The summed E-state index contributed by atoms with van der Waals surface area (Å²) in [6, 6.07) is 1.68. The van der Waals surface area contributed by atoms with E-state index in [0.29, 0.717) is 11.5 Å². The lowest BCUT2D eigenvalue weighted by Crippen LogP contribution is -2.27. The van der Waals surface area contributed by atoms with Crippen molar-refractivity contribution in [2.24, 2.45) is 7.05 Å². The van der Waals surface area contributed by atoms with Crippen molar-refractivity contribution in [3.63, 3.8) is 0 Å². The third kappa shape index (κ3) is 2.61. The molecule has 0 saturated carbocycles. The smallest absolute Gasteiger partial charge is 0.248 e. The minimum atomic E-state index is -3.69. The van der Waals surface area contributed by atoms with Gasteiger partial charge in [0.1, 0.15) is 10.7 Å². The summed E-state index contributed by atoms with van der Waals surface area (Å²) in [5.74, 6) is 0.604. The third-order valence-electron chi connectivity index (χ3n) is 2.57. The average Bonchev–Trinajstić information content (AvgIpc) is 2.85. The SMILES string of the molecule is Cc1cc(CN(C)S(=O)(=O)c2cn(C)nc2N)no1. The summed E-state index contributed by atoms with van der Waals surface area (Å²) in [5, 5.41) is 7.58. The fourth-order valence-corrected chi connectivity index (χ4v) is 2.89. The van der Waals surface area contributed by atoms with Crippen LogP contribution in [0.1, 0.15) is 11.5 Å². The van der Waals surface area contributed by atoms with Gasteiger partial charge in [0.05, 0.1) is 12.2 Å². The van der Waals surface area contributed by atoms with Crippen molar-refractivity contribution in [3.8, 4) is 0 Å². The van der Waals surface area contributed by atoms with Gasteiger partial charge in [0.25, 0.3) is 0 Å². The second-order valence-corrected chi connectivity index (χ2v) is 6.26. The largest absolute Gasteiger partial charge is 0.381 e. The van der Waals surface area contributed by atoms with Crippen LogP contribution in [0, 0.1) is 6.92 Å². The van der Waals surface area contributed by atoms with E-state index in [-0.39, 0.29) is 17.3 Å². The monoisotopic (exact) mass is 285 g/mol. The van der Waals surface area contributed by atoms with E-state index in [1.165, 1.54) is 17.9 Å². The predicted molar refractivity (Wildman–Crippen MR) is 67.5 cm³/mol. The van der Waals surface area contributed by atoms with E-state index < -0.39 is 10.0 Å². The fraction of sp³-hybridized carbons (Fsp3) is 0.400. The zero-order valence-electron chi connectivity index (χ0n) is 10.9. The third-order valence-corrected chi connectivity index (χ3v) is 4.39. The van der Waals surface area contributed by atoms with Gasteiger partial charge in [-0.05, 0) is 6.92 Å². The molecule has 0 aliphatic carbocycles. The van der Waals surface area contributed by atoms with Gasteiger partial charge in [-0.1, -0.05) is 5.16 Å². The Morgan fingerprint density at radius 3 is 2.68 bits per heavy atom. The van der Waals surface area contributed by atoms with E-state index in [1.807, 2.05) is 0 Å². The van der Waals surface area contributed by atoms with Crippen LogP contribution in [0.3, 0.4) is 0 Å². The van der Waals surface area contributed by atoms with E-state index in [9.17, 15) is 8.42 Å². The molecular formula is C10H15N5O3S. The van der Waals surface area contributed by atoms with Crippen LogP contribution in [0.2, 0.25) is 0 Å². The van der Waals surface area contributed by atoms with Crippen LogP contribution >= 0.6 is 0 Å². The quantitative estimate of drug-likeness (QED) is 0.855. The first-order valence-corrected chi connectivity index (χ1v) is 6.92. The first-order valence-electron chi connectivity index (χ1n) is 5.48. The molecule has 0 unspecified atom stereocenters. The molecule has 2 rings (SSSR count). The number of aromatic nitrogens is 3. The van der Waals surface area contributed by atoms with Crippen LogP contribution in [0.15, 0.2) is 21.7 Å². The highest BCUT2D eigenvalue weighted by Crippen LogP contribution is 2.21. The molecule has 8 nitrogen and oxygen atoms in total. The van der Waals surface area contributed by atoms with Gasteiger partial charge in [-0.3, -0.25) is 4.68 Å². The fourth-order valence-electron chi connectivity index (χ4n) is 1.66. The van der Waals surface area contributed by atoms with Crippen LogP contribution in [0.5, 0.6) is 0 Å². The molecule has 0 aromatic carbocycles. The Morgan fingerprint density at radius 1 is 1.53 bits per heavy atom. The van der Waals surface area contributed by atoms with E-state index >= 15 is 0 Å². The maximum Gasteiger partial charge on any atom is 0.248 e. The van der Waals surface area contributed by atoms with Gasteiger partial charge in [-0.15, -0.1) is 0 Å². The number of rotatable bonds is 4. The zero-order valence-corrected chi connectivity index (χ0v) is 11.7. The van der Waals surface area contributed by atoms with Gasteiger partial charge < -0.3 is 10.3 Å². The number of anilines is 1. The van der Waals surface area contributed by atoms with Gasteiger partial charge in [0.2, 0.25) is 10.0 Å². The van der Waals surface area contributed by atoms with Gasteiger partial charge in [-0.25, -0.2) is 8.42 Å². The van der Waals surface area contributed by atoms with E-state index in [1.54, 1.807) is 20.0 Å². The molecule has 0 fully saturated rings. The van der Waals surface area contributed by atoms with E-state index in [0.717, 1.165) is 4.31 Å². The highest BCUT2D eigenvalue weighted by molar-refractivity contribution is 7.89. The first kappa shape index (κ1) is 13.6. The second kappa shape index (κ2) is 4.67. The zero-order chi connectivity index (χ0) is 14.2. The molecular weight excluding hydrogens is 270 g/mol. The number of sulfonamides is 1. The normalized spacial score (nSPS) is 12.2. The maximum atomic E-state index is 12.3. The molecule has 104 valence electrons. The first-order chi connectivity index (χ1) is 8.80. The summed E-state index contributed by atoms with van der Waals surface area (Å²) in [5.41, 5.74) is 6.12. The Labute approximate surface area is 110 Å². The highest BCUT2D eigenvalue weighted by Gasteiger charge is 2.26. The van der Waals surface area contributed by atoms with Crippen LogP contribution in [-0.4, -0.2) is 34.7 Å². The maximum absolute atomic E-state index is 12.3. The molecule has 0 bridgehead atoms. The molecule has 2 heterocycles. The second-order valence-electron chi connectivity index (χ2n) is 4.24. The Kier molecular flexibility index (Phi) is 3.33. The number of hydrogen-bond acceptors (Lipinski definition) is 6. The van der Waals surface area contributed by atoms with Crippen LogP contribution in [0.4, 0.5) is 5.82 Å². The number of nitrogens with zero attached hydrogens (tertiary/aromatic N) is 4. The molecule has 2 aromatic rings. The van der Waals surface area contributed by atoms with Crippen molar-refractivity contribution in [2.45, 2.75) is 18.4 Å². The van der Waals surface area contributed by atoms with Crippen molar-refractivity contribution < 1.29 is 12.9 Å². The Morgan fingerprint density at radius 2 is 2.21 bits per heavy atom. The van der Waals surface area contributed by atoms with Gasteiger partial charge >= 0.3 is 0 Å². The highest BCUT2D eigenvalue weighted by atomic mass is 32.2. The number of aryl methyl sites for hydroxylation is 2. The van der Waals surface area contributed by atoms with Crippen LogP contribution < -0.4 is 5.73 Å². The summed E-state index contributed by atoms with van der Waals surface area (Å²) in [6.07, 6.45) is 1.37. The number of nitrogen functional groups attached to an aromatic ring is 1. The summed E-state index contributed by atoms with van der Waals surface area (Å²) in [7, 11) is -0.637. The summed E-state index contributed by atoms with van der Waals surface area (Å²) in [4.78, 5) is -0.0160. The molecule has 2 aromatic heterocycles. The molecule has 0 radical (unpaired) electrons. The van der Waals surface area contributed by atoms with Crippen molar-refractivity contribution in [2.75, 3.05) is 12.8 Å². The number of nitrogens with two attached hydrogens (primary N) is 1. The van der Waals surface area contributed by atoms with Gasteiger partial charge in [-0.2, -0.15) is 9.40 Å². The van der Waals surface area contributed by atoms with Gasteiger partial charge in [0, 0.05) is 26.4 Å². The molecule has 0 aliphatic heterocycles. The molecule has 0 amide bonds. The summed E-state index contributed by atoms with van der Waals surface area (Å²) < 4.78 is 32.0. The molecule has 9 heteroatoms. The van der Waals surface area contributed by atoms with Crippen molar-refractivity contribution >= 4 is 15.8 Å². The van der Waals surface area contributed by atoms with E-state index in [2.05, 4.69) is 10.3 Å². The molecule has 19 heavy (non-hydrogen) atoms. The minimum absolute atomic E-state index is 0.0160. The lowest BCUT2D eigenvalue weighted by Gasteiger charge is -2.14. The molecule has 0 aliphatic rings. The van der Waals surface area contributed by atoms with Crippen molar-refractivity contribution in [3.05, 3.63) is 23.7 Å². The summed E-state index contributed by atoms with van der Waals surface area (Å²) in [6.45, 7) is 1.85. The number of hydrogen-bond donors (Lipinski definition) is 1. The lowest BCUT2D eigenvalue weighted by atomic mass is 10.4. The molecule has 0 saturated heterocycles. The summed E-state index contributed by atoms with van der Waals surface area (Å²) >= 11 is 0. The van der Waals surface area contributed by atoms with Crippen LogP contribution in [-0.2, 0) is 23.6 Å². The molecule has 0 spiro atoms. The standard InChI is InChI=1S/C10H15N5O3S/c1-7-4-8(13-18-7)5-15(3)19(16,17)9-6-14(2)12-10(9)11/h4,6H,5H2,1-3H3,(H2,11,12).